The molecule has 0 aromatic carbocycles. The van der Waals surface area contributed by atoms with E-state index in [2.05, 4.69) is 35.1 Å². The fraction of sp³-hybridized carbons (Fsp3) is 0.643. The number of rotatable bonds is 4. The molecular formula is C14H23N3O. The zero-order valence-corrected chi connectivity index (χ0v) is 11.5. The van der Waals surface area contributed by atoms with Crippen LogP contribution >= 0.6 is 0 Å². The van der Waals surface area contributed by atoms with Crippen LogP contribution in [0, 0.1) is 0 Å². The Bertz CT molecular complexity index is 353. The molecule has 2 atom stereocenters. The standard InChI is InChI=1S/C14H23N3O/c1-11(2)17-8-9-18-13(10-15-3)14(17)12-6-4-5-7-16-12/h4-7,11,13-15H,8-10H2,1-3H3. The average Bonchev–Trinajstić information content (AvgIpc) is 2.40. The molecule has 1 fully saturated rings. The number of pyridine rings is 1. The van der Waals surface area contributed by atoms with Crippen molar-refractivity contribution in [2.24, 2.45) is 0 Å². The molecule has 1 aliphatic heterocycles. The average molecular weight is 249 g/mol. The van der Waals surface area contributed by atoms with Gasteiger partial charge in [-0.15, -0.1) is 0 Å². The van der Waals surface area contributed by atoms with E-state index in [0.29, 0.717) is 6.04 Å². The van der Waals surface area contributed by atoms with Crippen LogP contribution in [0.25, 0.3) is 0 Å². The maximum atomic E-state index is 5.92. The van der Waals surface area contributed by atoms with Gasteiger partial charge in [0.25, 0.3) is 0 Å². The normalized spacial score (nSPS) is 25.6. The van der Waals surface area contributed by atoms with Crippen molar-refractivity contribution in [2.75, 3.05) is 26.7 Å². The van der Waals surface area contributed by atoms with E-state index in [4.69, 9.17) is 4.74 Å². The van der Waals surface area contributed by atoms with Crippen molar-refractivity contribution in [3.05, 3.63) is 30.1 Å². The van der Waals surface area contributed by atoms with Crippen LogP contribution in [0.2, 0.25) is 0 Å². The number of aromatic nitrogens is 1. The highest BCUT2D eigenvalue weighted by atomic mass is 16.5. The van der Waals surface area contributed by atoms with Gasteiger partial charge in [-0.1, -0.05) is 6.07 Å². The minimum Gasteiger partial charge on any atom is -0.374 e. The fourth-order valence-electron chi connectivity index (χ4n) is 2.62. The summed E-state index contributed by atoms with van der Waals surface area (Å²) >= 11 is 0. The van der Waals surface area contributed by atoms with Crippen LogP contribution in [0.4, 0.5) is 0 Å². The van der Waals surface area contributed by atoms with Crippen LogP contribution in [0.3, 0.4) is 0 Å². The van der Waals surface area contributed by atoms with Gasteiger partial charge in [0.2, 0.25) is 0 Å². The topological polar surface area (TPSA) is 37.4 Å². The Morgan fingerprint density at radius 2 is 2.33 bits per heavy atom. The number of likely N-dealkylation sites (N-methyl/N-ethyl adjacent to an activating group) is 1. The molecular weight excluding hydrogens is 226 g/mol. The van der Waals surface area contributed by atoms with Gasteiger partial charge in [0.05, 0.1) is 24.4 Å². The number of morpholine rings is 1. The number of nitrogens with one attached hydrogen (secondary N) is 1. The van der Waals surface area contributed by atoms with Crippen molar-refractivity contribution < 1.29 is 4.74 Å². The molecule has 18 heavy (non-hydrogen) atoms. The predicted octanol–water partition coefficient (Wildman–Crippen LogP) is 1.45. The van der Waals surface area contributed by atoms with Crippen LogP contribution in [-0.4, -0.2) is 48.8 Å². The van der Waals surface area contributed by atoms with E-state index in [1.807, 2.05) is 25.4 Å². The monoisotopic (exact) mass is 249 g/mol. The third-order valence-electron chi connectivity index (χ3n) is 3.45. The van der Waals surface area contributed by atoms with Gasteiger partial charge in [0.1, 0.15) is 0 Å². The predicted molar refractivity (Wildman–Crippen MR) is 72.5 cm³/mol. The lowest BCUT2D eigenvalue weighted by Gasteiger charge is -2.43. The Hall–Kier alpha value is -0.970. The summed E-state index contributed by atoms with van der Waals surface area (Å²) in [4.78, 5) is 7.00. The fourth-order valence-corrected chi connectivity index (χ4v) is 2.62. The van der Waals surface area contributed by atoms with Gasteiger partial charge < -0.3 is 10.1 Å². The third-order valence-corrected chi connectivity index (χ3v) is 3.45. The Kier molecular flexibility index (Phi) is 4.69. The van der Waals surface area contributed by atoms with Crippen molar-refractivity contribution >= 4 is 0 Å². The summed E-state index contributed by atoms with van der Waals surface area (Å²) in [6.45, 7) is 7.09. The molecule has 4 nitrogen and oxygen atoms in total. The van der Waals surface area contributed by atoms with Crippen molar-refractivity contribution in [3.8, 4) is 0 Å². The summed E-state index contributed by atoms with van der Waals surface area (Å²) in [5.74, 6) is 0. The molecule has 2 rings (SSSR count). The molecule has 1 aromatic rings. The zero-order valence-electron chi connectivity index (χ0n) is 11.5. The second-order valence-corrected chi connectivity index (χ2v) is 5.00. The van der Waals surface area contributed by atoms with E-state index in [-0.39, 0.29) is 12.1 Å². The first-order valence-corrected chi connectivity index (χ1v) is 6.67. The number of nitrogens with zero attached hydrogens (tertiary/aromatic N) is 2. The minimum absolute atomic E-state index is 0.168. The highest BCUT2D eigenvalue weighted by Crippen LogP contribution is 2.29. The Morgan fingerprint density at radius 1 is 1.50 bits per heavy atom. The van der Waals surface area contributed by atoms with Gasteiger partial charge in [-0.3, -0.25) is 9.88 Å². The van der Waals surface area contributed by atoms with Crippen LogP contribution in [0.5, 0.6) is 0 Å². The van der Waals surface area contributed by atoms with Crippen molar-refractivity contribution in [1.82, 2.24) is 15.2 Å². The quantitative estimate of drug-likeness (QED) is 0.876. The van der Waals surface area contributed by atoms with Gasteiger partial charge >= 0.3 is 0 Å². The van der Waals surface area contributed by atoms with Gasteiger partial charge in [-0.05, 0) is 33.0 Å². The zero-order chi connectivity index (χ0) is 13.0. The lowest BCUT2D eigenvalue weighted by Crippen LogP contribution is -2.51. The van der Waals surface area contributed by atoms with Crippen LogP contribution in [-0.2, 0) is 4.74 Å². The smallest absolute Gasteiger partial charge is 0.0911 e. The van der Waals surface area contributed by atoms with Crippen molar-refractivity contribution in [1.29, 1.82) is 0 Å². The Balaban J connectivity index is 2.26. The van der Waals surface area contributed by atoms with E-state index in [1.165, 1.54) is 0 Å². The molecule has 1 N–H and O–H groups in total. The summed E-state index contributed by atoms with van der Waals surface area (Å²) in [5, 5.41) is 3.22. The van der Waals surface area contributed by atoms with E-state index in [0.717, 1.165) is 25.4 Å². The lowest BCUT2D eigenvalue weighted by molar-refractivity contribution is -0.0828. The molecule has 4 heteroatoms. The minimum atomic E-state index is 0.168. The first kappa shape index (κ1) is 13.5. The Labute approximate surface area is 109 Å². The van der Waals surface area contributed by atoms with Gasteiger partial charge in [0.15, 0.2) is 0 Å². The second-order valence-electron chi connectivity index (χ2n) is 5.00. The van der Waals surface area contributed by atoms with E-state index in [9.17, 15) is 0 Å². The molecule has 100 valence electrons. The van der Waals surface area contributed by atoms with Crippen LogP contribution < -0.4 is 5.32 Å². The molecule has 2 heterocycles. The summed E-state index contributed by atoms with van der Waals surface area (Å²) in [6.07, 6.45) is 2.03. The first-order chi connectivity index (χ1) is 8.74. The molecule has 0 radical (unpaired) electrons. The second kappa shape index (κ2) is 6.27. The van der Waals surface area contributed by atoms with E-state index in [1.54, 1.807) is 0 Å². The molecule has 1 aliphatic rings. The summed E-state index contributed by atoms with van der Waals surface area (Å²) < 4.78 is 5.92. The highest BCUT2D eigenvalue weighted by molar-refractivity contribution is 5.12. The molecule has 2 unspecified atom stereocenters. The summed E-state index contributed by atoms with van der Waals surface area (Å²) in [5.41, 5.74) is 1.10. The molecule has 1 aromatic heterocycles. The van der Waals surface area contributed by atoms with Gasteiger partial charge in [-0.2, -0.15) is 0 Å². The number of hydrogen-bond donors (Lipinski definition) is 1. The molecule has 1 saturated heterocycles. The van der Waals surface area contributed by atoms with Gasteiger partial charge in [0, 0.05) is 25.3 Å². The summed E-state index contributed by atoms with van der Waals surface area (Å²) in [7, 11) is 1.97. The molecule has 0 spiro atoms. The summed E-state index contributed by atoms with van der Waals surface area (Å²) in [6, 6.07) is 6.84. The maximum Gasteiger partial charge on any atom is 0.0911 e. The molecule has 0 aliphatic carbocycles. The molecule has 0 bridgehead atoms. The van der Waals surface area contributed by atoms with Crippen LogP contribution in [0.15, 0.2) is 24.4 Å². The van der Waals surface area contributed by atoms with Crippen LogP contribution in [0.1, 0.15) is 25.6 Å². The maximum absolute atomic E-state index is 5.92. The SMILES string of the molecule is CNCC1OCCN(C(C)C)C1c1ccccn1. The van der Waals surface area contributed by atoms with E-state index < -0.39 is 0 Å². The third kappa shape index (κ3) is 2.88. The van der Waals surface area contributed by atoms with Crippen molar-refractivity contribution in [2.45, 2.75) is 32.0 Å². The highest BCUT2D eigenvalue weighted by Gasteiger charge is 2.35. The first-order valence-electron chi connectivity index (χ1n) is 6.67. The lowest BCUT2D eigenvalue weighted by atomic mass is 10.0. The molecule has 0 saturated carbocycles. The largest absolute Gasteiger partial charge is 0.374 e. The van der Waals surface area contributed by atoms with Crippen molar-refractivity contribution in [3.63, 3.8) is 0 Å². The van der Waals surface area contributed by atoms with E-state index >= 15 is 0 Å². The number of hydrogen-bond acceptors (Lipinski definition) is 4. The Morgan fingerprint density at radius 3 is 2.94 bits per heavy atom. The molecule has 0 amide bonds. The van der Waals surface area contributed by atoms with Gasteiger partial charge in [-0.25, -0.2) is 0 Å². The number of ether oxygens (including phenoxy) is 1.